The minimum Gasteiger partial charge on any atom is -0.444 e. The molecular weight excluding hydrogens is 400 g/mol. The Balaban J connectivity index is 1.59. The molecule has 30 heavy (non-hydrogen) atoms. The minimum absolute atomic E-state index is 0.0248. The topological polar surface area (TPSA) is 96.6 Å². The molecule has 1 heterocycles. The number of oxazole rings is 1. The highest BCUT2D eigenvalue weighted by Crippen LogP contribution is 2.19. The Hall–Kier alpha value is -3.13. The van der Waals surface area contributed by atoms with Crippen molar-refractivity contribution in [2.45, 2.75) is 25.3 Å². The lowest BCUT2D eigenvalue weighted by Gasteiger charge is -2.11. The summed E-state index contributed by atoms with van der Waals surface area (Å²) in [4.78, 5) is 9.27. The molecule has 0 amide bonds. The molecule has 3 rings (SSSR count). The number of nitrogens with one attached hydrogen (secondary N) is 2. The van der Waals surface area contributed by atoms with Crippen molar-refractivity contribution in [3.05, 3.63) is 72.1 Å². The molecule has 0 bridgehead atoms. The van der Waals surface area contributed by atoms with E-state index in [4.69, 9.17) is 4.42 Å². The molecule has 0 spiro atoms. The molecule has 158 valence electrons. The van der Waals surface area contributed by atoms with Crippen LogP contribution in [0.15, 0.2) is 75.2 Å². The van der Waals surface area contributed by atoms with Gasteiger partial charge in [0.2, 0.25) is 5.89 Å². The van der Waals surface area contributed by atoms with E-state index in [-0.39, 0.29) is 12.3 Å². The minimum atomic E-state index is -3.34. The van der Waals surface area contributed by atoms with Gasteiger partial charge in [-0.25, -0.2) is 18.4 Å². The Morgan fingerprint density at radius 3 is 2.50 bits per heavy atom. The van der Waals surface area contributed by atoms with Crippen LogP contribution in [0.5, 0.6) is 0 Å². The van der Waals surface area contributed by atoms with Gasteiger partial charge in [-0.3, -0.25) is 0 Å². The Morgan fingerprint density at radius 2 is 1.80 bits per heavy atom. The number of nitrogens with zero attached hydrogens (tertiary/aromatic N) is 2. The van der Waals surface area contributed by atoms with Gasteiger partial charge in [0.25, 0.3) is 0 Å². The summed E-state index contributed by atoms with van der Waals surface area (Å²) in [7, 11) is -3.34. The fourth-order valence-electron chi connectivity index (χ4n) is 2.76. The molecular formula is C22H26N4O3S. The Morgan fingerprint density at radius 1 is 1.07 bits per heavy atom. The SMILES string of the molecule is CCNC(=NCc1coc(-c2ccc(C)cc2)n1)NCCS(=O)(=O)c1ccccc1. The van der Waals surface area contributed by atoms with Crippen molar-refractivity contribution in [3.8, 4) is 11.5 Å². The third-order valence-electron chi connectivity index (χ3n) is 4.36. The van der Waals surface area contributed by atoms with Gasteiger partial charge in [0.05, 0.1) is 17.2 Å². The molecule has 0 aliphatic carbocycles. The van der Waals surface area contributed by atoms with E-state index in [2.05, 4.69) is 20.6 Å². The smallest absolute Gasteiger partial charge is 0.226 e. The lowest BCUT2D eigenvalue weighted by atomic mass is 10.1. The molecule has 0 aliphatic rings. The number of aryl methyl sites for hydroxylation is 1. The van der Waals surface area contributed by atoms with Crippen LogP contribution in [0, 0.1) is 6.92 Å². The quantitative estimate of drug-likeness (QED) is 0.424. The summed E-state index contributed by atoms with van der Waals surface area (Å²) in [5.74, 6) is 1.05. The highest BCUT2D eigenvalue weighted by atomic mass is 32.2. The fourth-order valence-corrected chi connectivity index (χ4v) is 3.94. The molecule has 0 saturated carbocycles. The number of benzene rings is 2. The van der Waals surface area contributed by atoms with Crippen LogP contribution >= 0.6 is 0 Å². The molecule has 2 N–H and O–H groups in total. The lowest BCUT2D eigenvalue weighted by Crippen LogP contribution is -2.39. The number of rotatable bonds is 8. The van der Waals surface area contributed by atoms with E-state index in [0.29, 0.717) is 35.5 Å². The second-order valence-corrected chi connectivity index (χ2v) is 8.87. The molecule has 0 fully saturated rings. The average molecular weight is 427 g/mol. The van der Waals surface area contributed by atoms with Gasteiger partial charge in [-0.15, -0.1) is 0 Å². The number of hydrogen-bond acceptors (Lipinski definition) is 5. The maximum atomic E-state index is 12.4. The van der Waals surface area contributed by atoms with Crippen molar-refractivity contribution in [1.29, 1.82) is 0 Å². The molecule has 1 aromatic heterocycles. The van der Waals surface area contributed by atoms with Crippen LogP contribution in [0.3, 0.4) is 0 Å². The van der Waals surface area contributed by atoms with Crippen LogP contribution in [-0.2, 0) is 16.4 Å². The van der Waals surface area contributed by atoms with E-state index < -0.39 is 9.84 Å². The predicted octanol–water partition coefficient (Wildman–Crippen LogP) is 3.18. The maximum absolute atomic E-state index is 12.4. The highest BCUT2D eigenvalue weighted by molar-refractivity contribution is 7.91. The molecule has 8 heteroatoms. The molecule has 2 aromatic carbocycles. The van der Waals surface area contributed by atoms with Gasteiger partial charge in [0.15, 0.2) is 15.8 Å². The average Bonchev–Trinajstić information content (AvgIpc) is 3.22. The van der Waals surface area contributed by atoms with E-state index in [1.165, 1.54) is 5.56 Å². The van der Waals surface area contributed by atoms with Gasteiger partial charge in [-0.05, 0) is 38.1 Å². The maximum Gasteiger partial charge on any atom is 0.226 e. The summed E-state index contributed by atoms with van der Waals surface area (Å²) in [6.07, 6.45) is 1.59. The van der Waals surface area contributed by atoms with Crippen molar-refractivity contribution >= 4 is 15.8 Å². The third kappa shape index (κ3) is 5.93. The van der Waals surface area contributed by atoms with Crippen molar-refractivity contribution in [2.75, 3.05) is 18.8 Å². The van der Waals surface area contributed by atoms with Crippen molar-refractivity contribution < 1.29 is 12.8 Å². The van der Waals surface area contributed by atoms with E-state index in [1.54, 1.807) is 36.6 Å². The first kappa shape index (κ1) is 21.6. The van der Waals surface area contributed by atoms with Gasteiger partial charge in [0.1, 0.15) is 12.0 Å². The van der Waals surface area contributed by atoms with Gasteiger partial charge in [-0.1, -0.05) is 35.9 Å². The van der Waals surface area contributed by atoms with Gasteiger partial charge < -0.3 is 15.1 Å². The first-order valence-corrected chi connectivity index (χ1v) is 11.4. The van der Waals surface area contributed by atoms with E-state index >= 15 is 0 Å². The number of aliphatic imine (C=N–C) groups is 1. The van der Waals surface area contributed by atoms with Crippen molar-refractivity contribution in [2.24, 2.45) is 4.99 Å². The monoisotopic (exact) mass is 426 g/mol. The first-order chi connectivity index (χ1) is 14.5. The summed E-state index contributed by atoms with van der Waals surface area (Å²) in [5.41, 5.74) is 2.78. The first-order valence-electron chi connectivity index (χ1n) is 9.79. The van der Waals surface area contributed by atoms with E-state index in [1.807, 2.05) is 38.1 Å². The van der Waals surface area contributed by atoms with Crippen molar-refractivity contribution in [3.63, 3.8) is 0 Å². The standard InChI is InChI=1S/C22H26N4O3S/c1-3-23-22(24-13-14-30(27,28)20-7-5-4-6-8-20)25-15-19-16-29-21(26-19)18-11-9-17(2)10-12-18/h4-12,16H,3,13-15H2,1-2H3,(H2,23,24,25). The molecule has 0 aliphatic heterocycles. The number of sulfone groups is 1. The lowest BCUT2D eigenvalue weighted by molar-refractivity contribution is 0.572. The van der Waals surface area contributed by atoms with Gasteiger partial charge in [0, 0.05) is 18.7 Å². The summed E-state index contributed by atoms with van der Waals surface area (Å²) in [6.45, 7) is 5.20. The van der Waals surface area contributed by atoms with Crippen LogP contribution in [0.25, 0.3) is 11.5 Å². The second-order valence-electron chi connectivity index (χ2n) is 6.76. The Bertz CT molecular complexity index is 1080. The van der Waals surface area contributed by atoms with Crippen LogP contribution in [0.2, 0.25) is 0 Å². The molecule has 0 atom stereocenters. The number of guanidine groups is 1. The Kier molecular flexibility index (Phi) is 7.24. The Labute approximate surface area is 177 Å². The van der Waals surface area contributed by atoms with E-state index in [9.17, 15) is 8.42 Å². The number of aromatic nitrogens is 1. The molecule has 3 aromatic rings. The zero-order chi connectivity index (χ0) is 21.4. The highest BCUT2D eigenvalue weighted by Gasteiger charge is 2.13. The zero-order valence-electron chi connectivity index (χ0n) is 17.1. The summed E-state index contributed by atoms with van der Waals surface area (Å²) >= 11 is 0. The summed E-state index contributed by atoms with van der Waals surface area (Å²) < 4.78 is 30.3. The predicted molar refractivity (Wildman–Crippen MR) is 118 cm³/mol. The number of hydrogen-bond donors (Lipinski definition) is 2. The second kappa shape index (κ2) is 10.1. The van der Waals surface area contributed by atoms with Crippen LogP contribution in [-0.4, -0.2) is 38.2 Å². The normalized spacial score (nSPS) is 12.0. The molecule has 7 nitrogen and oxygen atoms in total. The van der Waals surface area contributed by atoms with Gasteiger partial charge >= 0.3 is 0 Å². The van der Waals surface area contributed by atoms with Gasteiger partial charge in [-0.2, -0.15) is 0 Å². The van der Waals surface area contributed by atoms with Crippen molar-refractivity contribution in [1.82, 2.24) is 15.6 Å². The zero-order valence-corrected chi connectivity index (χ0v) is 17.9. The molecule has 0 radical (unpaired) electrons. The molecule has 0 saturated heterocycles. The van der Waals surface area contributed by atoms with E-state index in [0.717, 1.165) is 5.56 Å². The summed E-state index contributed by atoms with van der Waals surface area (Å²) in [5, 5.41) is 6.17. The van der Waals surface area contributed by atoms with Crippen LogP contribution < -0.4 is 10.6 Å². The van der Waals surface area contributed by atoms with Crippen LogP contribution in [0.4, 0.5) is 0 Å². The molecule has 0 unspecified atom stereocenters. The largest absolute Gasteiger partial charge is 0.444 e. The third-order valence-corrected chi connectivity index (χ3v) is 6.09. The summed E-state index contributed by atoms with van der Waals surface area (Å²) in [6, 6.07) is 16.4. The fraction of sp³-hybridized carbons (Fsp3) is 0.273. The van der Waals surface area contributed by atoms with Crippen LogP contribution in [0.1, 0.15) is 18.2 Å².